The molecule has 1 aliphatic rings. The summed E-state index contributed by atoms with van der Waals surface area (Å²) in [5, 5.41) is 0.354. The summed E-state index contributed by atoms with van der Waals surface area (Å²) in [4.78, 5) is 16.7. The Labute approximate surface area is 160 Å². The first-order valence-corrected chi connectivity index (χ1v) is 8.83. The highest BCUT2D eigenvalue weighted by Gasteiger charge is 2.23. The average molecular weight is 382 g/mol. The fourth-order valence-electron chi connectivity index (χ4n) is 3.17. The predicted octanol–water partition coefficient (Wildman–Crippen LogP) is 4.09. The van der Waals surface area contributed by atoms with Crippen LogP contribution in [0.2, 0.25) is 5.02 Å². The summed E-state index contributed by atoms with van der Waals surface area (Å²) in [6, 6.07) is 10.2. The highest BCUT2D eigenvalue weighted by molar-refractivity contribution is 6.54. The number of aromatic nitrogens is 2. The molecule has 0 saturated carbocycles. The summed E-state index contributed by atoms with van der Waals surface area (Å²) in [5.74, 6) is 0.0301. The van der Waals surface area contributed by atoms with E-state index in [-0.39, 0.29) is 12.4 Å². The van der Waals surface area contributed by atoms with Crippen LogP contribution in [0.3, 0.4) is 0 Å². The van der Waals surface area contributed by atoms with Gasteiger partial charge in [-0.3, -0.25) is 9.98 Å². The van der Waals surface area contributed by atoms with Crippen LogP contribution in [-0.2, 0) is 13.1 Å². The Morgan fingerprint density at radius 1 is 1.30 bits per heavy atom. The fraction of sp³-hybridized carbons (Fsp3) is 0.150. The molecule has 1 aliphatic heterocycles. The molecular weight excluding hydrogens is 365 g/mol. The number of aryl methyl sites for hydroxylation is 1. The molecule has 3 aromatic rings. The van der Waals surface area contributed by atoms with Crippen molar-refractivity contribution in [3.63, 3.8) is 0 Å². The van der Waals surface area contributed by atoms with Gasteiger partial charge in [-0.15, -0.1) is 0 Å². The van der Waals surface area contributed by atoms with E-state index in [9.17, 15) is 4.39 Å². The first-order chi connectivity index (χ1) is 13.0. The maximum absolute atomic E-state index is 14.2. The second-order valence-electron chi connectivity index (χ2n) is 6.34. The van der Waals surface area contributed by atoms with Crippen LogP contribution in [0.4, 0.5) is 10.2 Å². The molecule has 0 aliphatic carbocycles. The summed E-state index contributed by atoms with van der Waals surface area (Å²) in [6.45, 7) is 2.61. The Kier molecular flexibility index (Phi) is 4.49. The maximum Gasteiger partial charge on any atom is 0.129 e. The number of aliphatic imine (C=N–C) groups is 2. The average Bonchev–Trinajstić information content (AvgIpc) is 3.01. The lowest BCUT2D eigenvalue weighted by Gasteiger charge is -2.17. The van der Waals surface area contributed by atoms with Crippen molar-refractivity contribution in [2.75, 3.05) is 5.73 Å². The van der Waals surface area contributed by atoms with Crippen LogP contribution in [0.15, 0.2) is 52.6 Å². The third kappa shape index (κ3) is 3.36. The van der Waals surface area contributed by atoms with Gasteiger partial charge in [-0.2, -0.15) is 0 Å². The van der Waals surface area contributed by atoms with Gasteiger partial charge in [0.25, 0.3) is 0 Å². The molecule has 0 radical (unpaired) electrons. The standard InChI is InChI=1S/C20H17ClFN5/c1-11-7-13-17(27-11)10-26-19(12-5-6-24-18(23)8-12)20(13)25-9-14-15(21)3-2-4-16(14)22/h2-8,27H,9-10H2,1H3,(H2,23,24). The second kappa shape index (κ2) is 6.96. The van der Waals surface area contributed by atoms with E-state index in [2.05, 4.69) is 15.0 Å². The first-order valence-electron chi connectivity index (χ1n) is 8.46. The van der Waals surface area contributed by atoms with E-state index >= 15 is 0 Å². The summed E-state index contributed by atoms with van der Waals surface area (Å²) in [6.07, 6.45) is 1.64. The van der Waals surface area contributed by atoms with Gasteiger partial charge in [0.2, 0.25) is 0 Å². The summed E-state index contributed by atoms with van der Waals surface area (Å²) in [5.41, 5.74) is 11.4. The van der Waals surface area contributed by atoms with Crippen molar-refractivity contribution >= 4 is 28.8 Å². The van der Waals surface area contributed by atoms with Gasteiger partial charge in [-0.25, -0.2) is 9.37 Å². The van der Waals surface area contributed by atoms with Crippen LogP contribution in [0, 0.1) is 12.7 Å². The zero-order valence-corrected chi connectivity index (χ0v) is 15.4. The van der Waals surface area contributed by atoms with Gasteiger partial charge in [-0.05, 0) is 37.3 Å². The van der Waals surface area contributed by atoms with Crippen LogP contribution in [0.5, 0.6) is 0 Å². The van der Waals surface area contributed by atoms with Crippen LogP contribution in [-0.4, -0.2) is 21.4 Å². The smallest absolute Gasteiger partial charge is 0.129 e. The van der Waals surface area contributed by atoms with Gasteiger partial charge >= 0.3 is 0 Å². The molecule has 3 N–H and O–H groups in total. The lowest BCUT2D eigenvalue weighted by molar-refractivity contribution is 0.611. The zero-order valence-electron chi connectivity index (χ0n) is 14.6. The summed E-state index contributed by atoms with van der Waals surface area (Å²) >= 11 is 6.16. The minimum atomic E-state index is -0.375. The van der Waals surface area contributed by atoms with Crippen molar-refractivity contribution in [3.05, 3.63) is 81.5 Å². The van der Waals surface area contributed by atoms with E-state index in [0.29, 0.717) is 34.4 Å². The van der Waals surface area contributed by atoms with Gasteiger partial charge in [0.1, 0.15) is 11.6 Å². The quantitative estimate of drug-likeness (QED) is 0.716. The van der Waals surface area contributed by atoms with Crippen molar-refractivity contribution < 1.29 is 4.39 Å². The molecule has 3 heterocycles. The van der Waals surface area contributed by atoms with E-state index in [4.69, 9.17) is 22.3 Å². The molecule has 2 aromatic heterocycles. The lowest BCUT2D eigenvalue weighted by atomic mass is 9.97. The zero-order chi connectivity index (χ0) is 19.0. The molecule has 0 spiro atoms. The number of nitrogen functional groups attached to an aromatic ring is 1. The van der Waals surface area contributed by atoms with Crippen LogP contribution >= 0.6 is 11.6 Å². The number of pyridine rings is 1. The molecule has 27 heavy (non-hydrogen) atoms. The third-order valence-corrected chi connectivity index (χ3v) is 4.77. The first kappa shape index (κ1) is 17.4. The van der Waals surface area contributed by atoms with Gasteiger partial charge in [0, 0.05) is 39.3 Å². The van der Waals surface area contributed by atoms with Gasteiger partial charge in [-0.1, -0.05) is 17.7 Å². The Morgan fingerprint density at radius 2 is 2.15 bits per heavy atom. The van der Waals surface area contributed by atoms with Crippen molar-refractivity contribution in [2.45, 2.75) is 20.0 Å². The van der Waals surface area contributed by atoms with E-state index in [1.165, 1.54) is 6.07 Å². The Hall–Kier alpha value is -2.99. The fourth-order valence-corrected chi connectivity index (χ4v) is 3.39. The number of anilines is 1. The molecule has 0 fully saturated rings. The van der Waals surface area contributed by atoms with E-state index in [0.717, 1.165) is 22.5 Å². The van der Waals surface area contributed by atoms with Crippen molar-refractivity contribution in [1.82, 2.24) is 9.97 Å². The minimum absolute atomic E-state index is 0.115. The number of halogens is 2. The number of nitrogens with one attached hydrogen (secondary N) is 1. The molecule has 5 nitrogen and oxygen atoms in total. The SMILES string of the molecule is Cc1cc2c([nH]1)CN=C(c1ccnc(N)c1)C2=NCc1c(F)cccc1Cl. The normalized spacial score (nSPS) is 14.9. The molecule has 4 rings (SSSR count). The number of aromatic amines is 1. The van der Waals surface area contributed by atoms with Crippen LogP contribution in [0.1, 0.15) is 28.1 Å². The molecular formula is C20H17ClFN5. The van der Waals surface area contributed by atoms with Crippen molar-refractivity contribution in [3.8, 4) is 0 Å². The van der Waals surface area contributed by atoms with Gasteiger partial charge in [0.15, 0.2) is 0 Å². The predicted molar refractivity (Wildman–Crippen MR) is 106 cm³/mol. The van der Waals surface area contributed by atoms with Crippen molar-refractivity contribution in [2.24, 2.45) is 9.98 Å². The molecule has 0 bridgehead atoms. The lowest BCUT2D eigenvalue weighted by Crippen LogP contribution is -2.23. The number of hydrogen-bond acceptors (Lipinski definition) is 4. The molecule has 0 amide bonds. The topological polar surface area (TPSA) is 79.4 Å². The summed E-state index contributed by atoms with van der Waals surface area (Å²) < 4.78 is 14.2. The number of hydrogen-bond donors (Lipinski definition) is 2. The number of H-pyrrole nitrogens is 1. The highest BCUT2D eigenvalue weighted by Crippen LogP contribution is 2.24. The largest absolute Gasteiger partial charge is 0.384 e. The molecule has 7 heteroatoms. The van der Waals surface area contributed by atoms with Crippen LogP contribution in [0.25, 0.3) is 0 Å². The molecule has 0 saturated heterocycles. The number of nitrogens with zero attached hydrogens (tertiary/aromatic N) is 3. The number of nitrogens with two attached hydrogens (primary N) is 1. The van der Waals surface area contributed by atoms with Crippen LogP contribution < -0.4 is 5.73 Å². The monoisotopic (exact) mass is 381 g/mol. The number of rotatable bonds is 3. The summed E-state index contributed by atoms with van der Waals surface area (Å²) in [7, 11) is 0. The molecule has 0 unspecified atom stereocenters. The highest BCUT2D eigenvalue weighted by atomic mass is 35.5. The Bertz CT molecular complexity index is 1060. The van der Waals surface area contributed by atoms with Gasteiger partial charge < -0.3 is 10.7 Å². The second-order valence-corrected chi connectivity index (χ2v) is 6.75. The minimum Gasteiger partial charge on any atom is -0.384 e. The number of benzene rings is 1. The Balaban J connectivity index is 1.81. The maximum atomic E-state index is 14.2. The third-order valence-electron chi connectivity index (χ3n) is 4.42. The van der Waals surface area contributed by atoms with E-state index in [1.807, 2.05) is 19.1 Å². The molecule has 136 valence electrons. The van der Waals surface area contributed by atoms with Gasteiger partial charge in [0.05, 0.1) is 24.5 Å². The molecule has 1 aromatic carbocycles. The molecule has 0 atom stereocenters. The van der Waals surface area contributed by atoms with E-state index in [1.54, 1.807) is 24.4 Å². The number of fused-ring (bicyclic) bond motifs is 1. The van der Waals surface area contributed by atoms with Crippen molar-refractivity contribution in [1.29, 1.82) is 0 Å². The Morgan fingerprint density at radius 3 is 2.93 bits per heavy atom. The van der Waals surface area contributed by atoms with E-state index < -0.39 is 0 Å².